The maximum absolute atomic E-state index is 11.1. The molecule has 0 radical (unpaired) electrons. The van der Waals surface area contributed by atoms with Crippen LogP contribution in [0.15, 0.2) is 24.3 Å². The summed E-state index contributed by atoms with van der Waals surface area (Å²) < 4.78 is 5.55. The first-order chi connectivity index (χ1) is 9.19. The van der Waals surface area contributed by atoms with Crippen LogP contribution in [0, 0.1) is 5.41 Å². The Morgan fingerprint density at radius 2 is 2.00 bits per heavy atom. The molecule has 3 heteroatoms. The second-order valence-electron chi connectivity index (χ2n) is 6.12. The van der Waals surface area contributed by atoms with Gasteiger partial charge in [-0.3, -0.25) is 0 Å². The van der Waals surface area contributed by atoms with E-state index in [-0.39, 0.29) is 5.41 Å². The standard InChI is InChI=1S/C16H23NO2/c17-11-15(16(18)7-3-9-19-12-16)8-6-13-4-1-2-5-14(13)10-15/h1-2,4-5,18H,3,6-12,17H2. The van der Waals surface area contributed by atoms with Gasteiger partial charge in [-0.05, 0) is 43.2 Å². The number of benzene rings is 1. The molecule has 1 heterocycles. The minimum atomic E-state index is -0.756. The van der Waals surface area contributed by atoms with Gasteiger partial charge < -0.3 is 15.6 Å². The maximum Gasteiger partial charge on any atom is 0.0952 e. The molecule has 1 aliphatic heterocycles. The van der Waals surface area contributed by atoms with Gasteiger partial charge in [0.2, 0.25) is 0 Å². The van der Waals surface area contributed by atoms with Crippen molar-refractivity contribution in [3.8, 4) is 0 Å². The number of aryl methyl sites for hydroxylation is 1. The van der Waals surface area contributed by atoms with Gasteiger partial charge in [-0.15, -0.1) is 0 Å². The molecule has 0 saturated carbocycles. The highest BCUT2D eigenvalue weighted by Gasteiger charge is 2.51. The van der Waals surface area contributed by atoms with Crippen molar-refractivity contribution in [2.45, 2.75) is 37.7 Å². The Bertz CT molecular complexity index is 454. The SMILES string of the molecule is NCC1(C2(O)CCCOC2)CCc2ccccc2C1. The number of ether oxygens (including phenoxy) is 1. The number of aliphatic hydroxyl groups is 1. The van der Waals surface area contributed by atoms with Crippen molar-refractivity contribution in [3.63, 3.8) is 0 Å². The van der Waals surface area contributed by atoms with Gasteiger partial charge in [0, 0.05) is 18.6 Å². The lowest BCUT2D eigenvalue weighted by molar-refractivity contribution is -0.163. The van der Waals surface area contributed by atoms with Gasteiger partial charge in [0.15, 0.2) is 0 Å². The predicted molar refractivity (Wildman–Crippen MR) is 75.0 cm³/mol. The van der Waals surface area contributed by atoms with Crippen molar-refractivity contribution in [1.29, 1.82) is 0 Å². The van der Waals surface area contributed by atoms with E-state index in [0.29, 0.717) is 13.2 Å². The molecule has 1 aliphatic carbocycles. The zero-order valence-electron chi connectivity index (χ0n) is 11.4. The Labute approximate surface area is 114 Å². The van der Waals surface area contributed by atoms with Crippen LogP contribution in [0.2, 0.25) is 0 Å². The zero-order valence-corrected chi connectivity index (χ0v) is 11.4. The van der Waals surface area contributed by atoms with E-state index in [2.05, 4.69) is 24.3 Å². The average molecular weight is 261 g/mol. The van der Waals surface area contributed by atoms with E-state index in [9.17, 15) is 5.11 Å². The Morgan fingerprint density at radius 1 is 1.21 bits per heavy atom. The van der Waals surface area contributed by atoms with Crippen LogP contribution in [0.4, 0.5) is 0 Å². The van der Waals surface area contributed by atoms with Crippen LogP contribution in [-0.4, -0.2) is 30.5 Å². The largest absolute Gasteiger partial charge is 0.387 e. The Balaban J connectivity index is 1.93. The number of hydrogen-bond acceptors (Lipinski definition) is 3. The zero-order chi connectivity index (χ0) is 13.3. The molecule has 2 unspecified atom stereocenters. The molecule has 3 nitrogen and oxygen atoms in total. The highest BCUT2D eigenvalue weighted by Crippen LogP contribution is 2.46. The summed E-state index contributed by atoms with van der Waals surface area (Å²) in [5.74, 6) is 0. The molecule has 19 heavy (non-hydrogen) atoms. The van der Waals surface area contributed by atoms with Crippen LogP contribution in [0.1, 0.15) is 30.4 Å². The normalized spacial score (nSPS) is 34.8. The Hall–Kier alpha value is -0.900. The van der Waals surface area contributed by atoms with Crippen LogP contribution < -0.4 is 5.73 Å². The van der Waals surface area contributed by atoms with Crippen LogP contribution in [0.5, 0.6) is 0 Å². The summed E-state index contributed by atoms with van der Waals surface area (Å²) in [6.45, 7) is 1.73. The van der Waals surface area contributed by atoms with Crippen molar-refractivity contribution in [1.82, 2.24) is 0 Å². The fourth-order valence-electron chi connectivity index (χ4n) is 3.76. The molecule has 2 aliphatic rings. The van der Waals surface area contributed by atoms with Gasteiger partial charge >= 0.3 is 0 Å². The summed E-state index contributed by atoms with van der Waals surface area (Å²) in [4.78, 5) is 0. The molecule has 0 aromatic heterocycles. The fraction of sp³-hybridized carbons (Fsp3) is 0.625. The minimum Gasteiger partial charge on any atom is -0.387 e. The molecular weight excluding hydrogens is 238 g/mol. The molecule has 3 N–H and O–H groups in total. The molecule has 1 fully saturated rings. The van der Waals surface area contributed by atoms with Gasteiger partial charge in [0.1, 0.15) is 0 Å². The Kier molecular flexibility index (Phi) is 3.37. The van der Waals surface area contributed by atoms with Crippen LogP contribution in [-0.2, 0) is 17.6 Å². The molecule has 2 atom stereocenters. The molecule has 0 amide bonds. The van der Waals surface area contributed by atoms with Crippen molar-refractivity contribution >= 4 is 0 Å². The molecule has 3 rings (SSSR count). The van der Waals surface area contributed by atoms with E-state index in [4.69, 9.17) is 10.5 Å². The third-order valence-electron chi connectivity index (χ3n) is 5.12. The predicted octanol–water partition coefficient (Wildman–Crippen LogP) is 1.66. The minimum absolute atomic E-state index is 0.220. The lowest BCUT2D eigenvalue weighted by Crippen LogP contribution is -2.59. The van der Waals surface area contributed by atoms with E-state index in [1.54, 1.807) is 0 Å². The summed E-state index contributed by atoms with van der Waals surface area (Å²) in [7, 11) is 0. The van der Waals surface area contributed by atoms with E-state index in [0.717, 1.165) is 38.7 Å². The maximum atomic E-state index is 11.1. The first kappa shape index (κ1) is 13.1. The van der Waals surface area contributed by atoms with Gasteiger partial charge in [-0.2, -0.15) is 0 Å². The summed E-state index contributed by atoms with van der Waals surface area (Å²) in [6.07, 6.45) is 4.59. The van der Waals surface area contributed by atoms with Crippen LogP contribution >= 0.6 is 0 Å². The molecular formula is C16H23NO2. The summed E-state index contributed by atoms with van der Waals surface area (Å²) >= 11 is 0. The van der Waals surface area contributed by atoms with Gasteiger partial charge in [0.05, 0.1) is 12.2 Å². The van der Waals surface area contributed by atoms with Crippen molar-refractivity contribution < 1.29 is 9.84 Å². The smallest absolute Gasteiger partial charge is 0.0952 e. The lowest BCUT2D eigenvalue weighted by atomic mass is 9.60. The Morgan fingerprint density at radius 3 is 2.68 bits per heavy atom. The first-order valence-corrected chi connectivity index (χ1v) is 7.26. The first-order valence-electron chi connectivity index (χ1n) is 7.26. The van der Waals surface area contributed by atoms with E-state index >= 15 is 0 Å². The van der Waals surface area contributed by atoms with E-state index in [1.807, 2.05) is 0 Å². The lowest BCUT2D eigenvalue weighted by Gasteiger charge is -2.51. The van der Waals surface area contributed by atoms with Crippen LogP contribution in [0.3, 0.4) is 0 Å². The molecule has 1 saturated heterocycles. The monoisotopic (exact) mass is 261 g/mol. The topological polar surface area (TPSA) is 55.5 Å². The van der Waals surface area contributed by atoms with E-state index < -0.39 is 5.60 Å². The number of hydrogen-bond donors (Lipinski definition) is 2. The quantitative estimate of drug-likeness (QED) is 0.851. The van der Waals surface area contributed by atoms with Gasteiger partial charge in [0.25, 0.3) is 0 Å². The number of fused-ring (bicyclic) bond motifs is 1. The van der Waals surface area contributed by atoms with Gasteiger partial charge in [-0.25, -0.2) is 0 Å². The van der Waals surface area contributed by atoms with Crippen molar-refractivity contribution in [2.24, 2.45) is 11.1 Å². The third kappa shape index (κ3) is 2.10. The highest BCUT2D eigenvalue weighted by atomic mass is 16.5. The summed E-state index contributed by atoms with van der Waals surface area (Å²) in [6, 6.07) is 8.53. The number of rotatable bonds is 2. The highest BCUT2D eigenvalue weighted by molar-refractivity contribution is 5.32. The molecule has 0 spiro atoms. The van der Waals surface area contributed by atoms with Gasteiger partial charge in [-0.1, -0.05) is 24.3 Å². The second-order valence-corrected chi connectivity index (χ2v) is 6.12. The summed E-state index contributed by atoms with van der Waals surface area (Å²) in [5.41, 5.74) is 7.87. The van der Waals surface area contributed by atoms with Crippen molar-refractivity contribution in [2.75, 3.05) is 19.8 Å². The van der Waals surface area contributed by atoms with Crippen LogP contribution in [0.25, 0.3) is 0 Å². The fourth-order valence-corrected chi connectivity index (χ4v) is 3.76. The molecule has 104 valence electrons. The second kappa shape index (κ2) is 4.89. The molecule has 1 aromatic carbocycles. The average Bonchev–Trinajstić information content (AvgIpc) is 2.47. The van der Waals surface area contributed by atoms with Crippen molar-refractivity contribution in [3.05, 3.63) is 35.4 Å². The molecule has 0 bridgehead atoms. The summed E-state index contributed by atoms with van der Waals surface area (Å²) in [5, 5.41) is 11.1. The number of nitrogens with two attached hydrogens (primary N) is 1. The molecule has 1 aromatic rings. The third-order valence-corrected chi connectivity index (χ3v) is 5.12. The van der Waals surface area contributed by atoms with E-state index in [1.165, 1.54) is 11.1 Å².